The van der Waals surface area contributed by atoms with E-state index in [2.05, 4.69) is 41.8 Å². The lowest BCUT2D eigenvalue weighted by molar-refractivity contribution is 0.306. The molecule has 0 unspecified atom stereocenters. The Morgan fingerprint density at radius 3 is 2.76 bits per heavy atom. The van der Waals surface area contributed by atoms with Gasteiger partial charge in [-0.15, -0.1) is 0 Å². The van der Waals surface area contributed by atoms with E-state index in [1.807, 2.05) is 24.3 Å². The van der Waals surface area contributed by atoms with Gasteiger partial charge in [-0.25, -0.2) is 4.98 Å². The van der Waals surface area contributed by atoms with Crippen LogP contribution >= 0.6 is 31.9 Å². The highest BCUT2D eigenvalue weighted by atomic mass is 79.9. The second kappa shape index (κ2) is 6.12. The van der Waals surface area contributed by atoms with E-state index in [1.165, 1.54) is 0 Å². The summed E-state index contributed by atoms with van der Waals surface area (Å²) in [6, 6.07) is 7.75. The van der Waals surface area contributed by atoms with Crippen LogP contribution in [-0.2, 0) is 6.42 Å². The molecule has 5 heteroatoms. The molecule has 0 atom stereocenters. The van der Waals surface area contributed by atoms with Gasteiger partial charge < -0.3 is 4.74 Å². The zero-order chi connectivity index (χ0) is 12.1. The molecule has 88 valence electrons. The Kier molecular flexibility index (Phi) is 4.50. The molecule has 2 aromatic heterocycles. The van der Waals surface area contributed by atoms with Crippen molar-refractivity contribution in [1.29, 1.82) is 0 Å². The first-order chi connectivity index (χ1) is 8.25. The minimum atomic E-state index is 0.560. The van der Waals surface area contributed by atoms with Gasteiger partial charge in [-0.05, 0) is 50.1 Å². The molecule has 0 amide bonds. The van der Waals surface area contributed by atoms with Gasteiger partial charge in [0.15, 0.2) is 0 Å². The first-order valence-corrected chi connectivity index (χ1v) is 6.68. The van der Waals surface area contributed by atoms with Gasteiger partial charge in [-0.2, -0.15) is 0 Å². The van der Waals surface area contributed by atoms with E-state index >= 15 is 0 Å². The molecule has 2 rings (SSSR count). The van der Waals surface area contributed by atoms with Crippen molar-refractivity contribution in [2.45, 2.75) is 6.42 Å². The molecule has 0 N–H and O–H groups in total. The minimum absolute atomic E-state index is 0.560. The average Bonchev–Trinajstić information content (AvgIpc) is 2.33. The van der Waals surface area contributed by atoms with Crippen molar-refractivity contribution in [2.24, 2.45) is 0 Å². The van der Waals surface area contributed by atoms with Gasteiger partial charge in [0.25, 0.3) is 0 Å². The maximum atomic E-state index is 5.58. The average molecular weight is 358 g/mol. The van der Waals surface area contributed by atoms with Crippen LogP contribution in [0, 0.1) is 0 Å². The molecule has 0 saturated heterocycles. The molecule has 0 fully saturated rings. The molecule has 0 aliphatic rings. The number of rotatable bonds is 4. The predicted molar refractivity (Wildman–Crippen MR) is 73.1 cm³/mol. The second-order valence-corrected chi connectivity index (χ2v) is 5.13. The second-order valence-electron chi connectivity index (χ2n) is 3.36. The van der Waals surface area contributed by atoms with Crippen LogP contribution in [0.4, 0.5) is 0 Å². The van der Waals surface area contributed by atoms with E-state index in [4.69, 9.17) is 4.74 Å². The fourth-order valence-electron chi connectivity index (χ4n) is 1.31. The number of pyridine rings is 2. The Hall–Kier alpha value is -0.940. The fourth-order valence-corrected chi connectivity index (χ4v) is 2.41. The lowest BCUT2D eigenvalue weighted by Crippen LogP contribution is -2.04. The van der Waals surface area contributed by atoms with Crippen molar-refractivity contribution in [3.05, 3.63) is 51.3 Å². The van der Waals surface area contributed by atoms with Crippen molar-refractivity contribution >= 4 is 31.9 Å². The third-order valence-electron chi connectivity index (χ3n) is 2.10. The molecule has 0 spiro atoms. The van der Waals surface area contributed by atoms with Crippen LogP contribution < -0.4 is 4.74 Å². The van der Waals surface area contributed by atoms with Gasteiger partial charge >= 0.3 is 0 Å². The molecule has 0 bridgehead atoms. The van der Waals surface area contributed by atoms with Crippen LogP contribution in [0.1, 0.15) is 5.69 Å². The summed E-state index contributed by atoms with van der Waals surface area (Å²) in [5.41, 5.74) is 1.01. The topological polar surface area (TPSA) is 35.0 Å². The first kappa shape index (κ1) is 12.5. The highest BCUT2D eigenvalue weighted by Crippen LogP contribution is 2.25. The van der Waals surface area contributed by atoms with Crippen LogP contribution in [0.3, 0.4) is 0 Å². The largest absolute Gasteiger partial charge is 0.476 e. The summed E-state index contributed by atoms with van der Waals surface area (Å²) in [6.45, 7) is 0.560. The molecule has 0 aliphatic carbocycles. The zero-order valence-corrected chi connectivity index (χ0v) is 12.1. The molecule has 17 heavy (non-hydrogen) atoms. The summed E-state index contributed by atoms with van der Waals surface area (Å²) in [6.07, 6.45) is 4.26. The third-order valence-corrected chi connectivity index (χ3v) is 3.10. The molecular formula is C12H10Br2N2O. The summed E-state index contributed by atoms with van der Waals surface area (Å²) in [7, 11) is 0. The fraction of sp³-hybridized carbons (Fsp3) is 0.167. The number of hydrogen-bond donors (Lipinski definition) is 0. The van der Waals surface area contributed by atoms with Crippen LogP contribution in [0.2, 0.25) is 0 Å². The van der Waals surface area contributed by atoms with Gasteiger partial charge in [-0.3, -0.25) is 4.98 Å². The Bertz CT molecular complexity index is 491. The molecule has 3 nitrogen and oxygen atoms in total. The van der Waals surface area contributed by atoms with Gasteiger partial charge in [-0.1, -0.05) is 6.07 Å². The van der Waals surface area contributed by atoms with Crippen molar-refractivity contribution in [2.75, 3.05) is 6.61 Å². The van der Waals surface area contributed by atoms with Crippen LogP contribution in [-0.4, -0.2) is 16.6 Å². The zero-order valence-electron chi connectivity index (χ0n) is 8.94. The predicted octanol–water partition coefficient (Wildman–Crippen LogP) is 3.62. The number of ether oxygens (including phenoxy) is 1. The summed E-state index contributed by atoms with van der Waals surface area (Å²) < 4.78 is 7.34. The molecular weight excluding hydrogens is 348 g/mol. The van der Waals surface area contributed by atoms with E-state index in [0.717, 1.165) is 21.1 Å². The van der Waals surface area contributed by atoms with Gasteiger partial charge in [0.1, 0.15) is 0 Å². The Balaban J connectivity index is 1.90. The highest BCUT2D eigenvalue weighted by molar-refractivity contribution is 9.11. The standard InChI is InChI=1S/C12H10Br2N2O/c13-9-7-11(14)12(16-8-9)17-6-4-10-3-1-2-5-15-10/h1-3,5,7-8H,4,6H2. The molecule has 0 saturated carbocycles. The van der Waals surface area contributed by atoms with E-state index in [1.54, 1.807) is 12.4 Å². The molecule has 0 aliphatic heterocycles. The van der Waals surface area contributed by atoms with E-state index < -0.39 is 0 Å². The van der Waals surface area contributed by atoms with E-state index in [0.29, 0.717) is 12.5 Å². The van der Waals surface area contributed by atoms with Crippen molar-refractivity contribution in [3.8, 4) is 5.88 Å². The van der Waals surface area contributed by atoms with Crippen molar-refractivity contribution < 1.29 is 4.74 Å². The van der Waals surface area contributed by atoms with Crippen molar-refractivity contribution in [3.63, 3.8) is 0 Å². The summed E-state index contributed by atoms with van der Waals surface area (Å²) in [5.74, 6) is 0.601. The summed E-state index contributed by atoms with van der Waals surface area (Å²) in [4.78, 5) is 8.40. The van der Waals surface area contributed by atoms with Crippen LogP contribution in [0.15, 0.2) is 45.6 Å². The molecule has 2 aromatic rings. The first-order valence-electron chi connectivity index (χ1n) is 5.09. The molecule has 2 heterocycles. The molecule has 0 aromatic carbocycles. The van der Waals surface area contributed by atoms with Crippen LogP contribution in [0.5, 0.6) is 5.88 Å². The smallest absolute Gasteiger partial charge is 0.228 e. The monoisotopic (exact) mass is 356 g/mol. The van der Waals surface area contributed by atoms with Gasteiger partial charge in [0.05, 0.1) is 11.1 Å². The Morgan fingerprint density at radius 2 is 2.06 bits per heavy atom. The SMILES string of the molecule is Brc1cnc(OCCc2ccccn2)c(Br)c1. The normalized spacial score (nSPS) is 10.2. The van der Waals surface area contributed by atoms with Crippen molar-refractivity contribution in [1.82, 2.24) is 9.97 Å². The maximum absolute atomic E-state index is 5.58. The van der Waals surface area contributed by atoms with Gasteiger partial charge in [0.2, 0.25) is 5.88 Å². The Labute approximate surface area is 117 Å². The minimum Gasteiger partial charge on any atom is -0.476 e. The number of aromatic nitrogens is 2. The van der Waals surface area contributed by atoms with E-state index in [-0.39, 0.29) is 0 Å². The summed E-state index contributed by atoms with van der Waals surface area (Å²) in [5, 5.41) is 0. The highest BCUT2D eigenvalue weighted by Gasteiger charge is 2.03. The van der Waals surface area contributed by atoms with Crippen LogP contribution in [0.25, 0.3) is 0 Å². The quantitative estimate of drug-likeness (QED) is 0.838. The third kappa shape index (κ3) is 3.78. The maximum Gasteiger partial charge on any atom is 0.228 e. The van der Waals surface area contributed by atoms with E-state index in [9.17, 15) is 0 Å². The molecule has 0 radical (unpaired) electrons. The lowest BCUT2D eigenvalue weighted by atomic mass is 10.3. The number of hydrogen-bond acceptors (Lipinski definition) is 3. The summed E-state index contributed by atoms with van der Waals surface area (Å²) >= 11 is 6.74. The Morgan fingerprint density at radius 1 is 1.18 bits per heavy atom. The van der Waals surface area contributed by atoms with Gasteiger partial charge in [0, 0.05) is 29.0 Å². The number of nitrogens with zero attached hydrogens (tertiary/aromatic N) is 2. The number of halogens is 2. The lowest BCUT2D eigenvalue weighted by Gasteiger charge is -2.06.